The van der Waals surface area contributed by atoms with Gasteiger partial charge in [0.15, 0.2) is 0 Å². The van der Waals surface area contributed by atoms with Crippen LogP contribution in [0.1, 0.15) is 32.1 Å². The van der Waals surface area contributed by atoms with E-state index in [-0.39, 0.29) is 12.7 Å². The molecule has 0 heterocycles. The molecule has 66 valence electrons. The summed E-state index contributed by atoms with van der Waals surface area (Å²) in [6.07, 6.45) is 5.76. The monoisotopic (exact) mass is 159 g/mol. The zero-order valence-electron chi connectivity index (χ0n) is 6.83. The Morgan fingerprint density at radius 3 is 2.55 bits per heavy atom. The topological polar surface area (TPSA) is 55.5 Å². The SMILES string of the molecule is NOC(CCO)C1CCCC1. The molecule has 0 aromatic carbocycles. The quantitative estimate of drug-likeness (QED) is 0.597. The molecular weight excluding hydrogens is 142 g/mol. The van der Waals surface area contributed by atoms with Crippen molar-refractivity contribution in [2.45, 2.75) is 38.2 Å². The van der Waals surface area contributed by atoms with Crippen molar-refractivity contribution in [1.82, 2.24) is 0 Å². The van der Waals surface area contributed by atoms with Gasteiger partial charge in [0.05, 0.1) is 6.10 Å². The fourth-order valence-corrected chi connectivity index (χ4v) is 1.87. The van der Waals surface area contributed by atoms with Crippen LogP contribution in [0.5, 0.6) is 0 Å². The first-order valence-electron chi connectivity index (χ1n) is 4.35. The van der Waals surface area contributed by atoms with Crippen LogP contribution in [0.4, 0.5) is 0 Å². The molecule has 0 bridgehead atoms. The van der Waals surface area contributed by atoms with Crippen LogP contribution in [-0.2, 0) is 4.84 Å². The van der Waals surface area contributed by atoms with Gasteiger partial charge in [0.1, 0.15) is 0 Å². The Balaban J connectivity index is 2.27. The molecule has 1 fully saturated rings. The van der Waals surface area contributed by atoms with E-state index in [4.69, 9.17) is 15.8 Å². The highest BCUT2D eigenvalue weighted by Crippen LogP contribution is 2.29. The molecule has 1 rings (SSSR count). The molecule has 1 aliphatic rings. The third-order valence-electron chi connectivity index (χ3n) is 2.51. The molecule has 1 saturated carbocycles. The summed E-state index contributed by atoms with van der Waals surface area (Å²) < 4.78 is 0. The average molecular weight is 159 g/mol. The Kier molecular flexibility index (Phi) is 3.83. The zero-order valence-corrected chi connectivity index (χ0v) is 6.83. The molecule has 0 saturated heterocycles. The lowest BCUT2D eigenvalue weighted by molar-refractivity contribution is -0.00248. The van der Waals surface area contributed by atoms with E-state index in [9.17, 15) is 0 Å². The Labute approximate surface area is 67.5 Å². The third-order valence-corrected chi connectivity index (χ3v) is 2.51. The lowest BCUT2D eigenvalue weighted by Crippen LogP contribution is -2.26. The number of nitrogens with two attached hydrogens (primary N) is 1. The molecule has 0 radical (unpaired) electrons. The summed E-state index contributed by atoms with van der Waals surface area (Å²) in [4.78, 5) is 4.81. The molecular formula is C8H17NO2. The fourth-order valence-electron chi connectivity index (χ4n) is 1.87. The molecule has 0 aliphatic heterocycles. The van der Waals surface area contributed by atoms with Gasteiger partial charge in [-0.15, -0.1) is 0 Å². The van der Waals surface area contributed by atoms with Crippen LogP contribution in [0.3, 0.4) is 0 Å². The number of aliphatic hydroxyl groups excluding tert-OH is 1. The van der Waals surface area contributed by atoms with Gasteiger partial charge in [0.25, 0.3) is 0 Å². The predicted molar refractivity (Wildman–Crippen MR) is 42.7 cm³/mol. The molecule has 1 unspecified atom stereocenters. The zero-order chi connectivity index (χ0) is 8.10. The summed E-state index contributed by atoms with van der Waals surface area (Å²) in [6, 6.07) is 0. The van der Waals surface area contributed by atoms with Crippen LogP contribution >= 0.6 is 0 Å². The highest BCUT2D eigenvalue weighted by molar-refractivity contribution is 4.75. The number of aliphatic hydroxyl groups is 1. The summed E-state index contributed by atoms with van der Waals surface area (Å²) in [6.45, 7) is 0.179. The normalized spacial score (nSPS) is 22.4. The summed E-state index contributed by atoms with van der Waals surface area (Å²) in [5.74, 6) is 5.72. The highest BCUT2D eigenvalue weighted by atomic mass is 16.6. The summed E-state index contributed by atoms with van der Waals surface area (Å²) >= 11 is 0. The van der Waals surface area contributed by atoms with Crippen molar-refractivity contribution in [1.29, 1.82) is 0 Å². The lowest BCUT2D eigenvalue weighted by atomic mass is 9.99. The van der Waals surface area contributed by atoms with E-state index in [1.54, 1.807) is 0 Å². The van der Waals surface area contributed by atoms with Crippen molar-refractivity contribution >= 4 is 0 Å². The highest BCUT2D eigenvalue weighted by Gasteiger charge is 2.24. The van der Waals surface area contributed by atoms with Gasteiger partial charge in [0, 0.05) is 6.61 Å². The van der Waals surface area contributed by atoms with E-state index >= 15 is 0 Å². The molecule has 1 atom stereocenters. The van der Waals surface area contributed by atoms with Crippen LogP contribution in [0.2, 0.25) is 0 Å². The van der Waals surface area contributed by atoms with E-state index < -0.39 is 0 Å². The molecule has 0 aromatic rings. The third kappa shape index (κ3) is 2.43. The molecule has 3 heteroatoms. The maximum Gasteiger partial charge on any atom is 0.0837 e. The van der Waals surface area contributed by atoms with Gasteiger partial charge in [-0.25, -0.2) is 5.90 Å². The van der Waals surface area contributed by atoms with Crippen LogP contribution < -0.4 is 5.90 Å². The molecule has 0 aromatic heterocycles. The largest absolute Gasteiger partial charge is 0.396 e. The molecule has 11 heavy (non-hydrogen) atoms. The van der Waals surface area contributed by atoms with Crippen molar-refractivity contribution in [3.8, 4) is 0 Å². The van der Waals surface area contributed by atoms with E-state index in [1.165, 1.54) is 25.7 Å². The Bertz CT molecular complexity index is 102. The first-order valence-corrected chi connectivity index (χ1v) is 4.35. The van der Waals surface area contributed by atoms with Crippen molar-refractivity contribution < 1.29 is 9.94 Å². The summed E-state index contributed by atoms with van der Waals surface area (Å²) in [5.41, 5.74) is 0. The van der Waals surface area contributed by atoms with Crippen molar-refractivity contribution in [2.75, 3.05) is 6.61 Å². The van der Waals surface area contributed by atoms with Crippen LogP contribution in [0.25, 0.3) is 0 Å². The second kappa shape index (κ2) is 4.70. The van der Waals surface area contributed by atoms with Gasteiger partial charge < -0.3 is 9.94 Å². The van der Waals surface area contributed by atoms with E-state index in [1.807, 2.05) is 0 Å². The first kappa shape index (κ1) is 8.97. The fraction of sp³-hybridized carbons (Fsp3) is 1.00. The minimum atomic E-state index is 0.0856. The van der Waals surface area contributed by atoms with Gasteiger partial charge in [-0.3, -0.25) is 0 Å². The molecule has 3 nitrogen and oxygen atoms in total. The van der Waals surface area contributed by atoms with Gasteiger partial charge in [0.2, 0.25) is 0 Å². The van der Waals surface area contributed by atoms with Gasteiger partial charge in [-0.2, -0.15) is 0 Å². The number of rotatable bonds is 4. The van der Waals surface area contributed by atoms with Crippen LogP contribution in [-0.4, -0.2) is 17.8 Å². The first-order chi connectivity index (χ1) is 5.38. The second-order valence-corrected chi connectivity index (χ2v) is 3.23. The van der Waals surface area contributed by atoms with E-state index in [0.717, 1.165) is 0 Å². The van der Waals surface area contributed by atoms with E-state index in [0.29, 0.717) is 12.3 Å². The van der Waals surface area contributed by atoms with Crippen molar-refractivity contribution in [3.05, 3.63) is 0 Å². The molecule has 0 spiro atoms. The number of hydrogen-bond acceptors (Lipinski definition) is 3. The van der Waals surface area contributed by atoms with Crippen LogP contribution in [0.15, 0.2) is 0 Å². The Hall–Kier alpha value is -0.120. The molecule has 0 amide bonds. The number of hydrogen-bond donors (Lipinski definition) is 2. The van der Waals surface area contributed by atoms with Gasteiger partial charge >= 0.3 is 0 Å². The van der Waals surface area contributed by atoms with Crippen molar-refractivity contribution in [2.24, 2.45) is 11.8 Å². The molecule has 3 N–H and O–H groups in total. The lowest BCUT2D eigenvalue weighted by Gasteiger charge is -2.19. The standard InChI is InChI=1S/C8H17NO2/c9-11-8(5-6-10)7-3-1-2-4-7/h7-8,10H,1-6,9H2. The van der Waals surface area contributed by atoms with Crippen molar-refractivity contribution in [3.63, 3.8) is 0 Å². The minimum absolute atomic E-state index is 0.0856. The Morgan fingerprint density at radius 2 is 2.09 bits per heavy atom. The van der Waals surface area contributed by atoms with Crippen LogP contribution in [0, 0.1) is 5.92 Å². The summed E-state index contributed by atoms with van der Waals surface area (Å²) in [7, 11) is 0. The maximum atomic E-state index is 8.69. The predicted octanol–water partition coefficient (Wildman–Crippen LogP) is 0.818. The summed E-state index contributed by atoms with van der Waals surface area (Å²) in [5, 5.41) is 8.69. The second-order valence-electron chi connectivity index (χ2n) is 3.23. The smallest absolute Gasteiger partial charge is 0.0837 e. The minimum Gasteiger partial charge on any atom is -0.396 e. The Morgan fingerprint density at radius 1 is 1.45 bits per heavy atom. The van der Waals surface area contributed by atoms with Gasteiger partial charge in [-0.05, 0) is 25.2 Å². The molecule has 1 aliphatic carbocycles. The maximum absolute atomic E-state index is 8.69. The van der Waals surface area contributed by atoms with Gasteiger partial charge in [-0.1, -0.05) is 12.8 Å². The van der Waals surface area contributed by atoms with E-state index in [2.05, 4.69) is 0 Å². The average Bonchev–Trinajstić information content (AvgIpc) is 2.52.